The van der Waals surface area contributed by atoms with E-state index >= 15 is 0 Å². The number of methoxy groups -OCH3 is 1. The molecule has 2 amide bonds. The van der Waals surface area contributed by atoms with Crippen LogP contribution >= 0.6 is 11.8 Å². The Hall–Kier alpha value is -2.08. The van der Waals surface area contributed by atoms with Crippen molar-refractivity contribution in [1.82, 2.24) is 4.90 Å². The number of imide groups is 1. The molecule has 1 aromatic carbocycles. The summed E-state index contributed by atoms with van der Waals surface area (Å²) in [5, 5.41) is -0.461. The maximum atomic E-state index is 12.0. The van der Waals surface area contributed by atoms with Gasteiger partial charge in [-0.05, 0) is 23.4 Å². The molecule has 2 rings (SSSR count). The monoisotopic (exact) mass is 277 g/mol. The quantitative estimate of drug-likeness (QED) is 0.623. The highest BCUT2D eigenvalue weighted by Gasteiger charge is 2.36. The Morgan fingerprint density at radius 1 is 1.32 bits per heavy atom. The van der Waals surface area contributed by atoms with Crippen LogP contribution in [0.15, 0.2) is 35.2 Å². The minimum absolute atomic E-state index is 0.306. The predicted molar refractivity (Wildman–Crippen MR) is 71.1 cm³/mol. The molecule has 0 N–H and O–H groups in total. The highest BCUT2D eigenvalue weighted by Crippen LogP contribution is 2.31. The molecule has 5 nitrogen and oxygen atoms in total. The van der Waals surface area contributed by atoms with E-state index in [4.69, 9.17) is 0 Å². The molecular weight excluding hydrogens is 266 g/mol. The van der Waals surface area contributed by atoms with E-state index in [1.807, 2.05) is 30.3 Å². The lowest BCUT2D eigenvalue weighted by molar-refractivity contribution is -0.143. The molecule has 1 heterocycles. The Kier molecular flexibility index (Phi) is 4.01. The van der Waals surface area contributed by atoms with Gasteiger partial charge in [0.25, 0.3) is 11.1 Å². The van der Waals surface area contributed by atoms with Gasteiger partial charge in [-0.15, -0.1) is 0 Å². The minimum Gasteiger partial charge on any atom is -0.468 e. The molecule has 0 bridgehead atoms. The predicted octanol–water partition coefficient (Wildman–Crippen LogP) is 1.90. The first-order valence-electron chi connectivity index (χ1n) is 5.49. The Labute approximate surface area is 114 Å². The van der Waals surface area contributed by atoms with Gasteiger partial charge < -0.3 is 4.74 Å². The second-order valence-corrected chi connectivity index (χ2v) is 4.75. The van der Waals surface area contributed by atoms with Gasteiger partial charge in [0.05, 0.1) is 12.0 Å². The minimum atomic E-state index is -0.622. The molecule has 0 unspecified atom stereocenters. The van der Waals surface area contributed by atoms with E-state index in [0.29, 0.717) is 4.91 Å². The summed E-state index contributed by atoms with van der Waals surface area (Å²) < 4.78 is 4.45. The fourth-order valence-corrected chi connectivity index (χ4v) is 2.37. The molecule has 0 aliphatic carbocycles. The summed E-state index contributed by atoms with van der Waals surface area (Å²) in [7, 11) is 1.21. The number of carbonyl (C=O) groups is 3. The van der Waals surface area contributed by atoms with Gasteiger partial charge in [-0.1, -0.05) is 30.3 Å². The number of ether oxygens (including phenoxy) is 1. The van der Waals surface area contributed by atoms with Crippen LogP contribution in [0, 0.1) is 0 Å². The molecule has 0 radical (unpaired) electrons. The Morgan fingerprint density at radius 2 is 2.00 bits per heavy atom. The molecule has 0 atom stereocenters. The Balaban J connectivity index is 2.18. The highest BCUT2D eigenvalue weighted by atomic mass is 32.2. The van der Waals surface area contributed by atoms with Crippen LogP contribution in [0.4, 0.5) is 4.79 Å². The van der Waals surface area contributed by atoms with Crippen LogP contribution in [0.5, 0.6) is 0 Å². The molecule has 0 spiro atoms. The zero-order valence-electron chi connectivity index (χ0n) is 10.2. The molecule has 98 valence electrons. The standard InChI is InChI=1S/C13H11NO4S/c1-18-11(15)8-14-12(16)10(19-13(14)17)7-9-5-3-2-4-6-9/h2-7H,8H2,1H3/b10-7-. The third kappa shape index (κ3) is 3.03. The van der Waals surface area contributed by atoms with E-state index in [2.05, 4.69) is 4.74 Å². The zero-order chi connectivity index (χ0) is 13.8. The average Bonchev–Trinajstić information content (AvgIpc) is 2.67. The summed E-state index contributed by atoms with van der Waals surface area (Å²) in [6, 6.07) is 9.19. The fourth-order valence-electron chi connectivity index (χ4n) is 1.53. The van der Waals surface area contributed by atoms with Gasteiger partial charge in [-0.2, -0.15) is 0 Å². The van der Waals surface area contributed by atoms with Crippen molar-refractivity contribution in [2.24, 2.45) is 0 Å². The maximum Gasteiger partial charge on any atom is 0.325 e. The molecule has 1 saturated heterocycles. The number of hydrogen-bond donors (Lipinski definition) is 0. The summed E-state index contributed by atoms with van der Waals surface area (Å²) in [6.07, 6.45) is 1.63. The summed E-state index contributed by atoms with van der Waals surface area (Å²) in [4.78, 5) is 35.9. The van der Waals surface area contributed by atoms with E-state index < -0.39 is 17.1 Å². The van der Waals surface area contributed by atoms with Gasteiger partial charge in [0.1, 0.15) is 6.54 Å². The Morgan fingerprint density at radius 3 is 2.63 bits per heavy atom. The van der Waals surface area contributed by atoms with E-state index in [1.54, 1.807) is 6.08 Å². The number of nitrogens with zero attached hydrogens (tertiary/aromatic N) is 1. The maximum absolute atomic E-state index is 12.0. The summed E-state index contributed by atoms with van der Waals surface area (Å²) >= 11 is 0.820. The molecule has 1 fully saturated rings. The third-order valence-corrected chi connectivity index (χ3v) is 3.39. The topological polar surface area (TPSA) is 63.7 Å². The van der Waals surface area contributed by atoms with Gasteiger partial charge in [-0.25, -0.2) is 0 Å². The van der Waals surface area contributed by atoms with Crippen molar-refractivity contribution in [3.8, 4) is 0 Å². The molecule has 0 saturated carbocycles. The number of carbonyl (C=O) groups excluding carboxylic acids is 3. The van der Waals surface area contributed by atoms with E-state index in [9.17, 15) is 14.4 Å². The molecular formula is C13H11NO4S. The highest BCUT2D eigenvalue weighted by molar-refractivity contribution is 8.18. The van der Waals surface area contributed by atoms with Crippen LogP contribution in [0.3, 0.4) is 0 Å². The lowest BCUT2D eigenvalue weighted by Crippen LogP contribution is -2.34. The summed E-state index contributed by atoms with van der Waals surface area (Å²) in [5.74, 6) is -1.09. The normalized spacial score (nSPS) is 17.1. The molecule has 1 aliphatic heterocycles. The van der Waals surface area contributed by atoms with Crippen molar-refractivity contribution in [3.05, 3.63) is 40.8 Å². The molecule has 1 aliphatic rings. The summed E-state index contributed by atoms with van der Waals surface area (Å²) in [6.45, 7) is -0.354. The molecule has 1 aromatic rings. The fraction of sp³-hybridized carbons (Fsp3) is 0.154. The zero-order valence-corrected chi connectivity index (χ0v) is 11.0. The van der Waals surface area contributed by atoms with Gasteiger partial charge in [-0.3, -0.25) is 19.3 Å². The second kappa shape index (κ2) is 5.71. The number of amides is 2. The number of rotatable bonds is 3. The first-order valence-corrected chi connectivity index (χ1v) is 6.30. The van der Waals surface area contributed by atoms with Crippen LogP contribution in [-0.4, -0.2) is 35.7 Å². The van der Waals surface area contributed by atoms with Crippen molar-refractivity contribution in [3.63, 3.8) is 0 Å². The van der Waals surface area contributed by atoms with E-state index in [1.165, 1.54) is 7.11 Å². The van der Waals surface area contributed by atoms with Crippen molar-refractivity contribution < 1.29 is 19.1 Å². The van der Waals surface area contributed by atoms with Crippen LogP contribution in [0.2, 0.25) is 0 Å². The lowest BCUT2D eigenvalue weighted by atomic mass is 10.2. The van der Waals surface area contributed by atoms with Gasteiger partial charge in [0.2, 0.25) is 0 Å². The van der Waals surface area contributed by atoms with Crippen molar-refractivity contribution in [1.29, 1.82) is 0 Å². The number of hydrogen-bond acceptors (Lipinski definition) is 5. The third-order valence-electron chi connectivity index (χ3n) is 2.49. The number of benzene rings is 1. The second-order valence-electron chi connectivity index (χ2n) is 3.75. The Bertz CT molecular complexity index is 553. The van der Waals surface area contributed by atoms with Gasteiger partial charge in [0.15, 0.2) is 0 Å². The molecule has 6 heteroatoms. The summed E-state index contributed by atoms with van der Waals surface area (Å²) in [5.41, 5.74) is 0.825. The SMILES string of the molecule is COC(=O)CN1C(=O)S/C(=C\c2ccccc2)C1=O. The van der Waals surface area contributed by atoms with Crippen LogP contribution in [0.1, 0.15) is 5.56 Å². The van der Waals surface area contributed by atoms with Crippen LogP contribution < -0.4 is 0 Å². The smallest absolute Gasteiger partial charge is 0.325 e. The number of thioether (sulfide) groups is 1. The largest absolute Gasteiger partial charge is 0.468 e. The lowest BCUT2D eigenvalue weighted by Gasteiger charge is -2.09. The molecule has 0 aromatic heterocycles. The van der Waals surface area contributed by atoms with Gasteiger partial charge >= 0.3 is 5.97 Å². The average molecular weight is 277 g/mol. The van der Waals surface area contributed by atoms with Crippen molar-refractivity contribution in [2.75, 3.05) is 13.7 Å². The number of esters is 1. The van der Waals surface area contributed by atoms with Crippen molar-refractivity contribution >= 4 is 35.0 Å². The molecule has 19 heavy (non-hydrogen) atoms. The van der Waals surface area contributed by atoms with Crippen molar-refractivity contribution in [2.45, 2.75) is 0 Å². The first kappa shape index (κ1) is 13.4. The van der Waals surface area contributed by atoms with E-state index in [0.717, 1.165) is 22.2 Å². The van der Waals surface area contributed by atoms with Crippen LogP contribution in [-0.2, 0) is 14.3 Å². The van der Waals surface area contributed by atoms with Gasteiger partial charge in [0, 0.05) is 0 Å². The first-order chi connectivity index (χ1) is 9.11. The van der Waals surface area contributed by atoms with Crippen LogP contribution in [0.25, 0.3) is 6.08 Å². The van der Waals surface area contributed by atoms with E-state index in [-0.39, 0.29) is 6.54 Å².